The first-order valence-corrected chi connectivity index (χ1v) is 5.69. The summed E-state index contributed by atoms with van der Waals surface area (Å²) in [5.41, 5.74) is 1.57. The number of aryl methyl sites for hydroxylation is 1. The van der Waals surface area contributed by atoms with Gasteiger partial charge in [-0.2, -0.15) is 0 Å². The van der Waals surface area contributed by atoms with Crippen LogP contribution in [0.4, 0.5) is 5.69 Å². The van der Waals surface area contributed by atoms with Crippen LogP contribution in [0.15, 0.2) is 12.1 Å². The SMILES string of the molecule is COc1cc(C)c(NC(=O)CCCl)cc1Cl. The number of rotatable bonds is 4. The number of nitrogens with one attached hydrogen (secondary N) is 1. The van der Waals surface area contributed by atoms with Gasteiger partial charge in [-0.3, -0.25) is 4.79 Å². The molecule has 0 heterocycles. The van der Waals surface area contributed by atoms with Crippen molar-refractivity contribution in [1.29, 1.82) is 0 Å². The van der Waals surface area contributed by atoms with E-state index in [0.717, 1.165) is 5.56 Å². The summed E-state index contributed by atoms with van der Waals surface area (Å²) >= 11 is 11.4. The number of amides is 1. The average Bonchev–Trinajstić information content (AvgIpc) is 2.23. The largest absolute Gasteiger partial charge is 0.495 e. The first-order valence-electron chi connectivity index (χ1n) is 4.78. The second-order valence-corrected chi connectivity index (χ2v) is 4.07. The molecule has 1 aromatic carbocycles. The van der Waals surface area contributed by atoms with Gasteiger partial charge in [0.2, 0.25) is 5.91 Å². The topological polar surface area (TPSA) is 38.3 Å². The third-order valence-electron chi connectivity index (χ3n) is 2.09. The van der Waals surface area contributed by atoms with Gasteiger partial charge in [-0.15, -0.1) is 11.6 Å². The molecular weight excluding hydrogens is 249 g/mol. The number of methoxy groups -OCH3 is 1. The van der Waals surface area contributed by atoms with Crippen LogP contribution < -0.4 is 10.1 Å². The van der Waals surface area contributed by atoms with Crippen LogP contribution in [0.5, 0.6) is 5.75 Å². The zero-order valence-electron chi connectivity index (χ0n) is 9.14. The minimum Gasteiger partial charge on any atom is -0.495 e. The molecule has 0 unspecified atom stereocenters. The molecule has 1 rings (SSSR count). The molecule has 88 valence electrons. The average molecular weight is 262 g/mol. The number of halogens is 2. The van der Waals surface area contributed by atoms with Gasteiger partial charge in [0.15, 0.2) is 0 Å². The highest BCUT2D eigenvalue weighted by molar-refractivity contribution is 6.32. The number of anilines is 1. The van der Waals surface area contributed by atoms with E-state index in [1.165, 1.54) is 0 Å². The second-order valence-electron chi connectivity index (χ2n) is 3.29. The van der Waals surface area contributed by atoms with Gasteiger partial charge in [0.1, 0.15) is 5.75 Å². The van der Waals surface area contributed by atoms with Crippen LogP contribution in [0.1, 0.15) is 12.0 Å². The number of ether oxygens (including phenoxy) is 1. The Hall–Kier alpha value is -0.930. The fraction of sp³-hybridized carbons (Fsp3) is 0.364. The molecule has 0 bridgehead atoms. The standard InChI is InChI=1S/C11H13Cl2NO2/c1-7-5-10(16-2)8(13)6-9(7)14-11(15)3-4-12/h5-6H,3-4H2,1-2H3,(H,14,15). The Morgan fingerprint density at radius 2 is 2.19 bits per heavy atom. The molecular formula is C11H13Cl2NO2. The van der Waals surface area contributed by atoms with Crippen molar-refractivity contribution in [3.05, 3.63) is 22.7 Å². The summed E-state index contributed by atoms with van der Waals surface area (Å²) in [6.07, 6.45) is 0.282. The summed E-state index contributed by atoms with van der Waals surface area (Å²) < 4.78 is 5.07. The van der Waals surface area contributed by atoms with Crippen molar-refractivity contribution >= 4 is 34.8 Å². The van der Waals surface area contributed by atoms with Crippen molar-refractivity contribution in [2.45, 2.75) is 13.3 Å². The van der Waals surface area contributed by atoms with Crippen molar-refractivity contribution in [2.75, 3.05) is 18.3 Å². The lowest BCUT2D eigenvalue weighted by Gasteiger charge is -2.11. The van der Waals surface area contributed by atoms with Gasteiger partial charge in [0.05, 0.1) is 12.1 Å². The quantitative estimate of drug-likeness (QED) is 0.846. The third-order valence-corrected chi connectivity index (χ3v) is 2.58. The van der Waals surface area contributed by atoms with Gasteiger partial charge >= 0.3 is 0 Å². The van der Waals surface area contributed by atoms with Crippen LogP contribution in [0.25, 0.3) is 0 Å². The molecule has 1 aromatic rings. The summed E-state index contributed by atoms with van der Waals surface area (Å²) in [6.45, 7) is 1.87. The summed E-state index contributed by atoms with van der Waals surface area (Å²) in [4.78, 5) is 11.4. The molecule has 16 heavy (non-hydrogen) atoms. The Labute approximate surface area is 105 Å². The van der Waals surface area contributed by atoms with Crippen molar-refractivity contribution in [3.8, 4) is 5.75 Å². The number of carbonyl (C=O) groups excluding carboxylic acids is 1. The van der Waals surface area contributed by atoms with Crippen LogP contribution >= 0.6 is 23.2 Å². The molecule has 0 saturated heterocycles. The fourth-order valence-corrected chi connectivity index (χ4v) is 1.66. The summed E-state index contributed by atoms with van der Waals surface area (Å²) in [6, 6.07) is 3.44. The van der Waals surface area contributed by atoms with Crippen molar-refractivity contribution in [2.24, 2.45) is 0 Å². The van der Waals surface area contributed by atoms with Gasteiger partial charge in [-0.25, -0.2) is 0 Å². The van der Waals surface area contributed by atoms with E-state index >= 15 is 0 Å². The zero-order chi connectivity index (χ0) is 12.1. The van der Waals surface area contributed by atoms with Gasteiger partial charge in [0.25, 0.3) is 0 Å². The smallest absolute Gasteiger partial charge is 0.225 e. The summed E-state index contributed by atoms with van der Waals surface area (Å²) in [5.74, 6) is 0.767. The monoisotopic (exact) mass is 261 g/mol. The van der Waals surface area contributed by atoms with Gasteiger partial charge in [-0.05, 0) is 24.6 Å². The molecule has 0 atom stereocenters. The van der Waals surface area contributed by atoms with Gasteiger partial charge in [0, 0.05) is 18.0 Å². The maximum atomic E-state index is 11.4. The molecule has 0 aliphatic rings. The van der Waals surface area contributed by atoms with Crippen molar-refractivity contribution < 1.29 is 9.53 Å². The van der Waals surface area contributed by atoms with Crippen molar-refractivity contribution in [1.82, 2.24) is 0 Å². The Kier molecular flexibility index (Phi) is 4.90. The minimum atomic E-state index is -0.126. The first-order chi connectivity index (χ1) is 7.58. The van der Waals surface area contributed by atoms with E-state index in [4.69, 9.17) is 27.9 Å². The first kappa shape index (κ1) is 13.1. The molecule has 0 spiro atoms. The maximum absolute atomic E-state index is 11.4. The highest BCUT2D eigenvalue weighted by Gasteiger charge is 2.08. The van der Waals surface area contributed by atoms with E-state index in [0.29, 0.717) is 22.3 Å². The maximum Gasteiger partial charge on any atom is 0.225 e. The van der Waals surface area contributed by atoms with Crippen LogP contribution in [0.3, 0.4) is 0 Å². The predicted octanol–water partition coefficient (Wildman–Crippen LogP) is 3.22. The van der Waals surface area contributed by atoms with Gasteiger partial charge < -0.3 is 10.1 Å². The molecule has 0 fully saturated rings. The van der Waals surface area contributed by atoms with Crippen LogP contribution in [0, 0.1) is 6.92 Å². The van der Waals surface area contributed by atoms with E-state index in [-0.39, 0.29) is 12.3 Å². The number of hydrogen-bond acceptors (Lipinski definition) is 2. The van der Waals surface area contributed by atoms with E-state index in [2.05, 4.69) is 5.32 Å². The van der Waals surface area contributed by atoms with E-state index in [1.807, 2.05) is 6.92 Å². The Morgan fingerprint density at radius 1 is 1.50 bits per heavy atom. The van der Waals surface area contributed by atoms with E-state index < -0.39 is 0 Å². The van der Waals surface area contributed by atoms with Crippen LogP contribution in [-0.2, 0) is 4.79 Å². The molecule has 0 aliphatic heterocycles. The molecule has 0 aromatic heterocycles. The molecule has 1 amide bonds. The lowest BCUT2D eigenvalue weighted by molar-refractivity contribution is -0.115. The molecule has 5 heteroatoms. The number of hydrogen-bond donors (Lipinski definition) is 1. The normalized spacial score (nSPS) is 10.0. The molecule has 1 N–H and O–H groups in total. The number of benzene rings is 1. The third kappa shape index (κ3) is 3.29. The van der Waals surface area contributed by atoms with E-state index in [9.17, 15) is 4.79 Å². The van der Waals surface area contributed by atoms with Crippen LogP contribution in [-0.4, -0.2) is 18.9 Å². The van der Waals surface area contributed by atoms with E-state index in [1.54, 1.807) is 19.2 Å². The molecule has 3 nitrogen and oxygen atoms in total. The number of carbonyl (C=O) groups is 1. The Bertz CT molecular complexity index is 394. The zero-order valence-corrected chi connectivity index (χ0v) is 10.7. The van der Waals surface area contributed by atoms with Crippen molar-refractivity contribution in [3.63, 3.8) is 0 Å². The van der Waals surface area contributed by atoms with Crippen LogP contribution in [0.2, 0.25) is 5.02 Å². The Morgan fingerprint density at radius 3 is 2.75 bits per heavy atom. The Balaban J connectivity index is 2.89. The lowest BCUT2D eigenvalue weighted by Crippen LogP contribution is -2.12. The minimum absolute atomic E-state index is 0.126. The highest BCUT2D eigenvalue weighted by Crippen LogP contribution is 2.30. The predicted molar refractivity (Wildman–Crippen MR) is 66.7 cm³/mol. The molecule has 0 radical (unpaired) electrons. The second kappa shape index (κ2) is 5.97. The molecule has 0 aliphatic carbocycles. The lowest BCUT2D eigenvalue weighted by atomic mass is 10.2. The summed E-state index contributed by atoms with van der Waals surface area (Å²) in [7, 11) is 1.55. The van der Waals surface area contributed by atoms with Gasteiger partial charge in [-0.1, -0.05) is 11.6 Å². The molecule has 0 saturated carbocycles. The number of alkyl halides is 1. The summed E-state index contributed by atoms with van der Waals surface area (Å²) in [5, 5.41) is 3.21. The fourth-order valence-electron chi connectivity index (χ4n) is 1.24. The highest BCUT2D eigenvalue weighted by atomic mass is 35.5.